The highest BCUT2D eigenvalue weighted by atomic mass is 35.5. The maximum absolute atomic E-state index is 6.05. The van der Waals surface area contributed by atoms with Crippen LogP contribution in [0.1, 0.15) is 24.4 Å². The predicted octanol–water partition coefficient (Wildman–Crippen LogP) is 2.81. The van der Waals surface area contributed by atoms with Crippen molar-refractivity contribution in [1.29, 1.82) is 0 Å². The third-order valence-electron chi connectivity index (χ3n) is 2.28. The van der Waals surface area contributed by atoms with E-state index in [1.807, 2.05) is 0 Å². The lowest BCUT2D eigenvalue weighted by Crippen LogP contribution is -2.13. The van der Waals surface area contributed by atoms with Gasteiger partial charge < -0.3 is 5.32 Å². The van der Waals surface area contributed by atoms with Gasteiger partial charge in [-0.3, -0.25) is 0 Å². The van der Waals surface area contributed by atoms with Crippen molar-refractivity contribution in [1.82, 2.24) is 10.3 Å². The highest BCUT2D eigenvalue weighted by Crippen LogP contribution is 2.29. The Morgan fingerprint density at radius 3 is 2.92 bits per heavy atom. The van der Waals surface area contributed by atoms with Gasteiger partial charge in [-0.05, 0) is 25.5 Å². The standard InChI is InChI=1S/C9H10Cl2N2/c10-7-4-9(11)13-5-6(7)8-2-1-3-12-8/h4-5,8,12H,1-3H2/t8-/m0/s1. The third kappa shape index (κ3) is 1.96. The second-order valence-electron chi connectivity index (χ2n) is 3.18. The van der Waals surface area contributed by atoms with E-state index < -0.39 is 0 Å². The van der Waals surface area contributed by atoms with Gasteiger partial charge in [0, 0.05) is 22.8 Å². The molecular formula is C9H10Cl2N2. The topological polar surface area (TPSA) is 24.9 Å². The highest BCUT2D eigenvalue weighted by molar-refractivity contribution is 6.34. The molecule has 1 aromatic rings. The van der Waals surface area contributed by atoms with Gasteiger partial charge in [0.15, 0.2) is 0 Å². The van der Waals surface area contributed by atoms with Crippen molar-refractivity contribution in [2.24, 2.45) is 0 Å². The molecule has 0 aromatic carbocycles. The minimum absolute atomic E-state index is 0.359. The van der Waals surface area contributed by atoms with Gasteiger partial charge in [0.2, 0.25) is 0 Å². The number of hydrogen-bond donors (Lipinski definition) is 1. The van der Waals surface area contributed by atoms with Crippen molar-refractivity contribution >= 4 is 23.2 Å². The van der Waals surface area contributed by atoms with Crippen LogP contribution in [0.3, 0.4) is 0 Å². The smallest absolute Gasteiger partial charge is 0.130 e. The van der Waals surface area contributed by atoms with Crippen LogP contribution in [-0.2, 0) is 0 Å². The zero-order chi connectivity index (χ0) is 9.26. The van der Waals surface area contributed by atoms with Gasteiger partial charge in [0.25, 0.3) is 0 Å². The molecule has 13 heavy (non-hydrogen) atoms. The van der Waals surface area contributed by atoms with E-state index in [9.17, 15) is 0 Å². The summed E-state index contributed by atoms with van der Waals surface area (Å²) in [5.74, 6) is 0. The van der Waals surface area contributed by atoms with Crippen molar-refractivity contribution < 1.29 is 0 Å². The molecule has 2 heterocycles. The van der Waals surface area contributed by atoms with Gasteiger partial charge in [-0.25, -0.2) is 4.98 Å². The van der Waals surface area contributed by atoms with Gasteiger partial charge in [-0.2, -0.15) is 0 Å². The normalized spacial score (nSPS) is 22.2. The predicted molar refractivity (Wildman–Crippen MR) is 54.2 cm³/mol. The first-order chi connectivity index (χ1) is 6.27. The summed E-state index contributed by atoms with van der Waals surface area (Å²) in [6.45, 7) is 1.06. The lowest BCUT2D eigenvalue weighted by molar-refractivity contribution is 0.645. The van der Waals surface area contributed by atoms with Crippen LogP contribution in [0, 0.1) is 0 Å². The fourth-order valence-electron chi connectivity index (χ4n) is 1.62. The number of pyridine rings is 1. The summed E-state index contributed by atoms with van der Waals surface area (Å²) in [5, 5.41) is 4.52. The molecule has 0 bridgehead atoms. The van der Waals surface area contributed by atoms with Crippen LogP contribution in [0.5, 0.6) is 0 Å². The average molecular weight is 217 g/mol. The Kier molecular flexibility index (Phi) is 2.72. The zero-order valence-electron chi connectivity index (χ0n) is 7.06. The summed E-state index contributed by atoms with van der Waals surface area (Å²) in [7, 11) is 0. The molecule has 0 unspecified atom stereocenters. The Balaban J connectivity index is 2.29. The molecule has 2 rings (SSSR count). The van der Waals surface area contributed by atoms with Crippen LogP contribution in [0.25, 0.3) is 0 Å². The van der Waals surface area contributed by atoms with E-state index in [1.165, 1.54) is 6.42 Å². The first-order valence-corrected chi connectivity index (χ1v) is 5.07. The molecule has 4 heteroatoms. The van der Waals surface area contributed by atoms with Crippen LogP contribution < -0.4 is 5.32 Å². The van der Waals surface area contributed by atoms with Crippen molar-refractivity contribution in [3.8, 4) is 0 Å². The van der Waals surface area contributed by atoms with E-state index in [0.717, 1.165) is 18.5 Å². The monoisotopic (exact) mass is 216 g/mol. The number of halogens is 2. The van der Waals surface area contributed by atoms with Gasteiger partial charge in [0.1, 0.15) is 5.15 Å². The van der Waals surface area contributed by atoms with Crippen molar-refractivity contribution in [3.63, 3.8) is 0 Å². The van der Waals surface area contributed by atoms with Gasteiger partial charge in [-0.15, -0.1) is 0 Å². The van der Waals surface area contributed by atoms with Gasteiger partial charge in [0.05, 0.1) is 0 Å². The molecule has 0 radical (unpaired) electrons. The first-order valence-electron chi connectivity index (χ1n) is 4.31. The quantitative estimate of drug-likeness (QED) is 0.731. The molecule has 0 saturated carbocycles. The molecule has 1 fully saturated rings. The third-order valence-corrected chi connectivity index (χ3v) is 2.82. The fraction of sp³-hybridized carbons (Fsp3) is 0.444. The SMILES string of the molecule is Clc1cc(Cl)c([C@@H]2CCCN2)cn1. The van der Waals surface area contributed by atoms with E-state index in [2.05, 4.69) is 10.3 Å². The van der Waals surface area contributed by atoms with E-state index in [0.29, 0.717) is 16.2 Å². The van der Waals surface area contributed by atoms with Crippen molar-refractivity contribution in [3.05, 3.63) is 28.0 Å². The van der Waals surface area contributed by atoms with Crippen LogP contribution in [0.2, 0.25) is 10.2 Å². The second-order valence-corrected chi connectivity index (χ2v) is 3.97. The Labute approximate surface area is 87.3 Å². The molecular weight excluding hydrogens is 207 g/mol. The highest BCUT2D eigenvalue weighted by Gasteiger charge is 2.18. The number of nitrogens with one attached hydrogen (secondary N) is 1. The zero-order valence-corrected chi connectivity index (χ0v) is 8.57. The van der Waals surface area contributed by atoms with Gasteiger partial charge in [-0.1, -0.05) is 23.2 Å². The lowest BCUT2D eigenvalue weighted by Gasteiger charge is -2.11. The molecule has 0 aliphatic carbocycles. The summed E-state index contributed by atoms with van der Waals surface area (Å²) in [6.07, 6.45) is 4.08. The number of aromatic nitrogens is 1. The Bertz CT molecular complexity index is 308. The second kappa shape index (κ2) is 3.82. The molecule has 0 amide bonds. The molecule has 0 spiro atoms. The van der Waals surface area contributed by atoms with E-state index >= 15 is 0 Å². The first kappa shape index (κ1) is 9.25. The Morgan fingerprint density at radius 1 is 1.46 bits per heavy atom. The maximum Gasteiger partial charge on any atom is 0.130 e. The summed E-state index contributed by atoms with van der Waals surface area (Å²) in [4.78, 5) is 4.03. The molecule has 2 nitrogen and oxygen atoms in total. The molecule has 1 aliphatic rings. The number of rotatable bonds is 1. The molecule has 1 saturated heterocycles. The number of hydrogen-bond acceptors (Lipinski definition) is 2. The molecule has 1 aromatic heterocycles. The maximum atomic E-state index is 6.05. The largest absolute Gasteiger partial charge is 0.310 e. The molecule has 1 atom stereocenters. The van der Waals surface area contributed by atoms with Crippen molar-refractivity contribution in [2.45, 2.75) is 18.9 Å². The summed E-state index contributed by atoms with van der Waals surface area (Å²) < 4.78 is 0. The minimum atomic E-state index is 0.359. The Hall–Kier alpha value is -0.310. The summed E-state index contributed by atoms with van der Waals surface area (Å²) >= 11 is 11.8. The minimum Gasteiger partial charge on any atom is -0.310 e. The average Bonchev–Trinajstić information content (AvgIpc) is 2.56. The van der Waals surface area contributed by atoms with Crippen LogP contribution in [-0.4, -0.2) is 11.5 Å². The molecule has 1 aliphatic heterocycles. The van der Waals surface area contributed by atoms with E-state index in [1.54, 1.807) is 12.3 Å². The van der Waals surface area contributed by atoms with Crippen LogP contribution in [0.4, 0.5) is 0 Å². The number of nitrogens with zero attached hydrogens (tertiary/aromatic N) is 1. The summed E-state index contributed by atoms with van der Waals surface area (Å²) in [6, 6.07) is 2.05. The van der Waals surface area contributed by atoms with Crippen molar-refractivity contribution in [2.75, 3.05) is 6.54 Å². The van der Waals surface area contributed by atoms with E-state index in [4.69, 9.17) is 23.2 Å². The molecule has 70 valence electrons. The lowest BCUT2D eigenvalue weighted by atomic mass is 10.1. The summed E-state index contributed by atoms with van der Waals surface area (Å²) in [5.41, 5.74) is 1.06. The molecule has 1 N–H and O–H groups in total. The Morgan fingerprint density at radius 2 is 2.31 bits per heavy atom. The van der Waals surface area contributed by atoms with Crippen LogP contribution >= 0.6 is 23.2 Å². The van der Waals surface area contributed by atoms with Crippen LogP contribution in [0.15, 0.2) is 12.3 Å². The fourth-order valence-corrected chi connectivity index (χ4v) is 2.12. The van der Waals surface area contributed by atoms with Gasteiger partial charge >= 0.3 is 0 Å². The van der Waals surface area contributed by atoms with E-state index in [-0.39, 0.29) is 0 Å².